The maximum Gasteiger partial charge on any atom is 0.125 e. The molecule has 1 aliphatic rings. The fourth-order valence-electron chi connectivity index (χ4n) is 3.80. The predicted octanol–water partition coefficient (Wildman–Crippen LogP) is 3.30. The molecular weight excluding hydrogens is 328 g/mol. The molecule has 1 N–H and O–H groups in total. The maximum atomic E-state index is 10.8. The molecule has 1 aliphatic heterocycles. The average molecular weight is 350 g/mol. The van der Waals surface area contributed by atoms with E-state index in [2.05, 4.69) is 34.1 Å². The van der Waals surface area contributed by atoms with E-state index in [0.717, 1.165) is 33.3 Å². The van der Waals surface area contributed by atoms with E-state index >= 15 is 0 Å². The number of ether oxygens (including phenoxy) is 2. The summed E-state index contributed by atoms with van der Waals surface area (Å²) in [5, 5.41) is 11.9. The van der Waals surface area contributed by atoms with Crippen molar-refractivity contribution >= 4 is 10.9 Å². The number of aromatic nitrogens is 1. The molecule has 0 spiro atoms. The van der Waals surface area contributed by atoms with Crippen LogP contribution in [0, 0.1) is 0 Å². The van der Waals surface area contributed by atoms with Gasteiger partial charge in [0, 0.05) is 42.3 Å². The van der Waals surface area contributed by atoms with Gasteiger partial charge in [0.1, 0.15) is 11.5 Å². The van der Waals surface area contributed by atoms with Gasteiger partial charge in [-0.1, -0.05) is 24.3 Å². The number of β-amino-alcohol motifs (C(OH)–C–C–N with tert-alkyl or cyclic N) is 1. The smallest absolute Gasteiger partial charge is 0.125 e. The highest BCUT2D eigenvalue weighted by atomic mass is 16.5. The zero-order chi connectivity index (χ0) is 18.1. The van der Waals surface area contributed by atoms with Crippen LogP contribution in [-0.4, -0.2) is 35.8 Å². The Bertz CT molecular complexity index is 936. The third-order valence-corrected chi connectivity index (χ3v) is 4.97. The molecule has 0 bridgehead atoms. The van der Waals surface area contributed by atoms with E-state index in [1.54, 1.807) is 14.2 Å². The Morgan fingerprint density at radius 2 is 1.85 bits per heavy atom. The summed E-state index contributed by atoms with van der Waals surface area (Å²) in [6.07, 6.45) is 1.20. The Labute approximate surface area is 152 Å². The SMILES string of the molecule is COc1ccc(OC)c2c1CN(Cc1cccc3cccnc13)CC2O. The molecule has 1 aromatic heterocycles. The van der Waals surface area contributed by atoms with Crippen LogP contribution >= 0.6 is 0 Å². The number of hydrogen-bond acceptors (Lipinski definition) is 5. The van der Waals surface area contributed by atoms with Gasteiger partial charge in [0.05, 0.1) is 25.8 Å². The molecule has 0 saturated carbocycles. The molecule has 0 fully saturated rings. The second kappa shape index (κ2) is 6.94. The number of rotatable bonds is 4. The minimum atomic E-state index is -0.619. The van der Waals surface area contributed by atoms with Crippen LogP contribution in [0.2, 0.25) is 0 Å². The van der Waals surface area contributed by atoms with Crippen molar-refractivity contribution in [3.8, 4) is 11.5 Å². The van der Waals surface area contributed by atoms with E-state index in [9.17, 15) is 5.11 Å². The summed E-state index contributed by atoms with van der Waals surface area (Å²) >= 11 is 0. The number of benzene rings is 2. The number of para-hydroxylation sites is 1. The molecule has 134 valence electrons. The molecule has 5 heteroatoms. The third kappa shape index (κ3) is 2.89. The van der Waals surface area contributed by atoms with Crippen LogP contribution in [0.5, 0.6) is 11.5 Å². The van der Waals surface area contributed by atoms with Crippen molar-refractivity contribution in [1.82, 2.24) is 9.88 Å². The fraction of sp³-hybridized carbons (Fsp3) is 0.286. The Kier molecular flexibility index (Phi) is 4.49. The lowest BCUT2D eigenvalue weighted by atomic mass is 9.94. The molecule has 1 atom stereocenters. The number of aliphatic hydroxyl groups is 1. The van der Waals surface area contributed by atoms with Gasteiger partial charge in [0.25, 0.3) is 0 Å². The summed E-state index contributed by atoms with van der Waals surface area (Å²) in [4.78, 5) is 6.76. The van der Waals surface area contributed by atoms with Gasteiger partial charge in [-0.15, -0.1) is 0 Å². The zero-order valence-electron chi connectivity index (χ0n) is 15.0. The number of methoxy groups -OCH3 is 2. The summed E-state index contributed by atoms with van der Waals surface area (Å²) in [6.45, 7) is 1.95. The minimum Gasteiger partial charge on any atom is -0.496 e. The minimum absolute atomic E-state index is 0.541. The van der Waals surface area contributed by atoms with Gasteiger partial charge in [-0.25, -0.2) is 0 Å². The quantitative estimate of drug-likeness (QED) is 0.782. The predicted molar refractivity (Wildman–Crippen MR) is 100 cm³/mol. The van der Waals surface area contributed by atoms with Crippen molar-refractivity contribution in [2.75, 3.05) is 20.8 Å². The van der Waals surface area contributed by atoms with E-state index in [1.807, 2.05) is 24.4 Å². The van der Waals surface area contributed by atoms with Crippen LogP contribution in [0.15, 0.2) is 48.7 Å². The van der Waals surface area contributed by atoms with Crippen LogP contribution in [-0.2, 0) is 13.1 Å². The van der Waals surface area contributed by atoms with Crippen molar-refractivity contribution in [2.45, 2.75) is 19.2 Å². The van der Waals surface area contributed by atoms with Gasteiger partial charge in [-0.3, -0.25) is 9.88 Å². The standard InChI is InChI=1S/C21H22N2O3/c1-25-18-8-9-19(26-2)20-16(18)12-23(13-17(20)24)11-15-6-3-5-14-7-4-10-22-21(14)15/h3-10,17,24H,11-13H2,1-2H3. The topological polar surface area (TPSA) is 54.8 Å². The van der Waals surface area contributed by atoms with Crippen molar-refractivity contribution < 1.29 is 14.6 Å². The summed E-state index contributed by atoms with van der Waals surface area (Å²) in [7, 11) is 3.28. The second-order valence-corrected chi connectivity index (χ2v) is 6.54. The number of fused-ring (bicyclic) bond motifs is 2. The highest BCUT2D eigenvalue weighted by Gasteiger charge is 2.29. The molecule has 2 aromatic carbocycles. The number of nitrogens with zero attached hydrogens (tertiary/aromatic N) is 2. The Balaban J connectivity index is 1.69. The van der Waals surface area contributed by atoms with E-state index in [0.29, 0.717) is 25.4 Å². The molecule has 5 nitrogen and oxygen atoms in total. The highest BCUT2D eigenvalue weighted by Crippen LogP contribution is 2.39. The average Bonchev–Trinajstić information content (AvgIpc) is 2.67. The lowest BCUT2D eigenvalue weighted by Crippen LogP contribution is -2.33. The fourth-order valence-corrected chi connectivity index (χ4v) is 3.80. The number of hydrogen-bond donors (Lipinski definition) is 1. The van der Waals surface area contributed by atoms with E-state index in [4.69, 9.17) is 9.47 Å². The van der Waals surface area contributed by atoms with Gasteiger partial charge in [-0.05, 0) is 23.8 Å². The molecule has 4 rings (SSSR count). The normalized spacial score (nSPS) is 17.1. The Morgan fingerprint density at radius 1 is 1.08 bits per heavy atom. The third-order valence-electron chi connectivity index (χ3n) is 4.97. The molecule has 0 saturated heterocycles. The van der Waals surface area contributed by atoms with Crippen LogP contribution < -0.4 is 9.47 Å². The molecule has 0 aliphatic carbocycles. The first-order chi connectivity index (χ1) is 12.7. The lowest BCUT2D eigenvalue weighted by Gasteiger charge is -2.34. The first kappa shape index (κ1) is 16.8. The molecule has 2 heterocycles. The van der Waals surface area contributed by atoms with Crippen LogP contribution in [0.4, 0.5) is 0 Å². The largest absolute Gasteiger partial charge is 0.496 e. The highest BCUT2D eigenvalue weighted by molar-refractivity contribution is 5.81. The second-order valence-electron chi connectivity index (χ2n) is 6.54. The first-order valence-corrected chi connectivity index (χ1v) is 8.68. The maximum absolute atomic E-state index is 10.8. The summed E-state index contributed by atoms with van der Waals surface area (Å²) in [6, 6.07) is 14.0. The molecule has 26 heavy (non-hydrogen) atoms. The Hall–Kier alpha value is -2.63. The van der Waals surface area contributed by atoms with Gasteiger partial charge >= 0.3 is 0 Å². The lowest BCUT2D eigenvalue weighted by molar-refractivity contribution is 0.0845. The first-order valence-electron chi connectivity index (χ1n) is 8.68. The van der Waals surface area contributed by atoms with Gasteiger partial charge in [0.2, 0.25) is 0 Å². The summed E-state index contributed by atoms with van der Waals surface area (Å²) in [5.41, 5.74) is 3.98. The molecular formula is C21H22N2O3. The van der Waals surface area contributed by atoms with Gasteiger partial charge in [0.15, 0.2) is 0 Å². The number of pyridine rings is 1. The van der Waals surface area contributed by atoms with Crippen LogP contribution in [0.3, 0.4) is 0 Å². The Morgan fingerprint density at radius 3 is 2.65 bits per heavy atom. The zero-order valence-corrected chi connectivity index (χ0v) is 15.0. The van der Waals surface area contributed by atoms with Gasteiger partial charge in [-0.2, -0.15) is 0 Å². The van der Waals surface area contributed by atoms with Crippen molar-refractivity contribution in [1.29, 1.82) is 0 Å². The van der Waals surface area contributed by atoms with E-state index in [1.165, 1.54) is 0 Å². The van der Waals surface area contributed by atoms with E-state index < -0.39 is 6.10 Å². The molecule has 0 amide bonds. The van der Waals surface area contributed by atoms with Crippen LogP contribution in [0.25, 0.3) is 10.9 Å². The summed E-state index contributed by atoms with van der Waals surface area (Å²) < 4.78 is 11.0. The molecule has 3 aromatic rings. The van der Waals surface area contributed by atoms with E-state index in [-0.39, 0.29) is 0 Å². The molecule has 0 radical (unpaired) electrons. The van der Waals surface area contributed by atoms with Crippen molar-refractivity contribution in [3.05, 3.63) is 65.4 Å². The summed E-state index contributed by atoms with van der Waals surface area (Å²) in [5.74, 6) is 1.49. The van der Waals surface area contributed by atoms with Crippen molar-refractivity contribution in [3.63, 3.8) is 0 Å². The molecule has 1 unspecified atom stereocenters. The number of aliphatic hydroxyl groups excluding tert-OH is 1. The monoisotopic (exact) mass is 350 g/mol. The van der Waals surface area contributed by atoms with Gasteiger partial charge < -0.3 is 14.6 Å². The van der Waals surface area contributed by atoms with Crippen LogP contribution in [0.1, 0.15) is 22.8 Å². The van der Waals surface area contributed by atoms with Crippen molar-refractivity contribution in [2.24, 2.45) is 0 Å².